The number of ether oxygens (including phenoxy) is 3. The highest BCUT2D eigenvalue weighted by Crippen LogP contribution is 2.35. The van der Waals surface area contributed by atoms with Gasteiger partial charge in [-0.05, 0) is 30.7 Å². The summed E-state index contributed by atoms with van der Waals surface area (Å²) in [7, 11) is 3.08. The Morgan fingerprint density at radius 3 is 2.62 bits per heavy atom. The number of fused-ring (bicyclic) bond motifs is 1. The first-order valence-electron chi connectivity index (χ1n) is 10.5. The average Bonchev–Trinajstić information content (AvgIpc) is 3.14. The van der Waals surface area contributed by atoms with Crippen LogP contribution >= 0.6 is 22.9 Å². The second-order valence-corrected chi connectivity index (χ2v) is 8.89. The number of nitrogens with zero attached hydrogens (tertiary/aromatic N) is 2. The number of hydrogen-bond acceptors (Lipinski definition) is 7. The zero-order valence-electron chi connectivity index (χ0n) is 18.9. The van der Waals surface area contributed by atoms with Crippen LogP contribution in [0.4, 0.5) is 0 Å². The minimum atomic E-state index is -0.768. The summed E-state index contributed by atoms with van der Waals surface area (Å²) in [6.07, 6.45) is 1.74. The van der Waals surface area contributed by atoms with Crippen molar-refractivity contribution in [3.8, 4) is 5.75 Å². The van der Waals surface area contributed by atoms with Gasteiger partial charge < -0.3 is 14.2 Å². The highest BCUT2D eigenvalue weighted by molar-refractivity contribution is 7.07. The molecule has 0 saturated heterocycles. The standard InChI is InChI=1S/C25H23ClN2O5S/c1-15-21(24(30)33-13-12-31-2)22(17-9-5-7-11-19(17)32-3)28-23(29)20(34-25(28)27-15)14-16-8-4-6-10-18(16)26/h4-11,14,22H,12-13H2,1-3H3/b20-14+. The second kappa shape index (κ2) is 10.4. The molecule has 0 N–H and O–H groups in total. The molecule has 0 saturated carbocycles. The number of esters is 1. The number of aromatic nitrogens is 1. The van der Waals surface area contributed by atoms with Crippen molar-refractivity contribution in [2.75, 3.05) is 27.4 Å². The number of halogens is 1. The Labute approximate surface area is 205 Å². The molecule has 0 radical (unpaired) electrons. The smallest absolute Gasteiger partial charge is 0.338 e. The van der Waals surface area contributed by atoms with E-state index in [1.807, 2.05) is 36.4 Å². The molecule has 2 aromatic carbocycles. The fourth-order valence-corrected chi connectivity index (χ4v) is 5.03. The normalized spacial score (nSPS) is 15.6. The SMILES string of the molecule is COCCOC(=O)C1=C(C)N=c2s/c(=C/c3ccccc3Cl)c(=O)n2C1c1ccccc1OC. The number of rotatable bonds is 7. The quantitative estimate of drug-likeness (QED) is 0.369. The van der Waals surface area contributed by atoms with Gasteiger partial charge in [0.15, 0.2) is 4.80 Å². The topological polar surface area (TPSA) is 79.1 Å². The molecule has 0 aliphatic carbocycles. The van der Waals surface area contributed by atoms with Crippen LogP contribution in [0.3, 0.4) is 0 Å². The van der Waals surface area contributed by atoms with Crippen molar-refractivity contribution in [3.05, 3.63) is 95.6 Å². The van der Waals surface area contributed by atoms with E-state index in [0.29, 0.717) is 31.4 Å². The van der Waals surface area contributed by atoms with E-state index < -0.39 is 12.0 Å². The van der Waals surface area contributed by atoms with Crippen LogP contribution in [0.2, 0.25) is 5.02 Å². The molecule has 7 nitrogen and oxygen atoms in total. The average molecular weight is 499 g/mol. The molecular formula is C25H23ClN2O5S. The summed E-state index contributed by atoms with van der Waals surface area (Å²) in [5.41, 5.74) is 1.84. The third-order valence-corrected chi connectivity index (χ3v) is 6.71. The van der Waals surface area contributed by atoms with Crippen LogP contribution in [-0.4, -0.2) is 38.0 Å². The zero-order valence-corrected chi connectivity index (χ0v) is 20.5. The fourth-order valence-electron chi connectivity index (χ4n) is 3.80. The van der Waals surface area contributed by atoms with Crippen LogP contribution in [0.15, 0.2) is 69.6 Å². The summed E-state index contributed by atoms with van der Waals surface area (Å²) in [6.45, 7) is 2.08. The third kappa shape index (κ3) is 4.57. The van der Waals surface area contributed by atoms with Crippen LogP contribution < -0.4 is 19.6 Å². The van der Waals surface area contributed by atoms with Gasteiger partial charge in [-0.25, -0.2) is 9.79 Å². The van der Waals surface area contributed by atoms with Gasteiger partial charge in [0.25, 0.3) is 5.56 Å². The lowest BCUT2D eigenvalue weighted by atomic mass is 9.95. The summed E-state index contributed by atoms with van der Waals surface area (Å²) in [5, 5.41) is 0.535. The Kier molecular flexibility index (Phi) is 7.31. The molecule has 0 fully saturated rings. The number of benzene rings is 2. The molecule has 34 heavy (non-hydrogen) atoms. The number of thiazole rings is 1. The zero-order chi connectivity index (χ0) is 24.2. The molecular weight excluding hydrogens is 476 g/mol. The minimum Gasteiger partial charge on any atom is -0.496 e. The fraction of sp³-hybridized carbons (Fsp3) is 0.240. The molecule has 176 valence electrons. The number of hydrogen-bond donors (Lipinski definition) is 0. The highest BCUT2D eigenvalue weighted by Gasteiger charge is 2.35. The highest BCUT2D eigenvalue weighted by atomic mass is 35.5. The van der Waals surface area contributed by atoms with Gasteiger partial charge in [-0.2, -0.15) is 0 Å². The van der Waals surface area contributed by atoms with Crippen molar-refractivity contribution < 1.29 is 19.0 Å². The van der Waals surface area contributed by atoms with Gasteiger partial charge in [-0.1, -0.05) is 59.3 Å². The maximum Gasteiger partial charge on any atom is 0.338 e. The van der Waals surface area contributed by atoms with Crippen molar-refractivity contribution in [1.29, 1.82) is 0 Å². The minimum absolute atomic E-state index is 0.0850. The predicted molar refractivity (Wildman–Crippen MR) is 131 cm³/mol. The molecule has 1 aromatic heterocycles. The Hall–Kier alpha value is -3.20. The van der Waals surface area contributed by atoms with Crippen LogP contribution in [0.5, 0.6) is 5.75 Å². The number of carbonyl (C=O) groups is 1. The first-order chi connectivity index (χ1) is 16.5. The van der Waals surface area contributed by atoms with Gasteiger partial charge in [-0.3, -0.25) is 9.36 Å². The molecule has 2 heterocycles. The second-order valence-electron chi connectivity index (χ2n) is 7.47. The van der Waals surface area contributed by atoms with E-state index in [1.165, 1.54) is 23.0 Å². The summed E-state index contributed by atoms with van der Waals surface area (Å²) in [4.78, 5) is 31.9. The largest absolute Gasteiger partial charge is 0.496 e. The molecule has 1 unspecified atom stereocenters. The van der Waals surface area contributed by atoms with Gasteiger partial charge in [0.1, 0.15) is 18.4 Å². The summed E-state index contributed by atoms with van der Waals surface area (Å²) < 4.78 is 18.0. The molecule has 1 aliphatic heterocycles. The lowest BCUT2D eigenvalue weighted by Gasteiger charge is -2.26. The Balaban J connectivity index is 1.94. The molecule has 1 aliphatic rings. The van der Waals surface area contributed by atoms with Crippen LogP contribution in [0.25, 0.3) is 6.08 Å². The molecule has 3 aromatic rings. The van der Waals surface area contributed by atoms with Crippen molar-refractivity contribution in [1.82, 2.24) is 4.57 Å². The summed E-state index contributed by atoms with van der Waals surface area (Å²) in [6, 6.07) is 13.8. The van der Waals surface area contributed by atoms with E-state index in [1.54, 1.807) is 32.2 Å². The maximum absolute atomic E-state index is 13.7. The van der Waals surface area contributed by atoms with Crippen molar-refractivity contribution in [2.24, 2.45) is 4.99 Å². The Morgan fingerprint density at radius 2 is 1.88 bits per heavy atom. The van der Waals surface area contributed by atoms with E-state index in [4.69, 9.17) is 25.8 Å². The summed E-state index contributed by atoms with van der Waals surface area (Å²) >= 11 is 7.55. The van der Waals surface area contributed by atoms with Crippen molar-refractivity contribution >= 4 is 35.0 Å². The number of carbonyl (C=O) groups excluding carboxylic acids is 1. The number of para-hydroxylation sites is 1. The van der Waals surface area contributed by atoms with Gasteiger partial charge in [0, 0.05) is 17.7 Å². The first kappa shape index (κ1) is 23.9. The van der Waals surface area contributed by atoms with Crippen molar-refractivity contribution in [3.63, 3.8) is 0 Å². The Bertz CT molecular complexity index is 1440. The van der Waals surface area contributed by atoms with Crippen LogP contribution in [0, 0.1) is 0 Å². The lowest BCUT2D eigenvalue weighted by molar-refractivity contribution is -0.140. The van der Waals surface area contributed by atoms with Gasteiger partial charge in [0.05, 0.1) is 29.5 Å². The molecule has 4 rings (SSSR count). The van der Waals surface area contributed by atoms with Gasteiger partial charge in [-0.15, -0.1) is 0 Å². The Morgan fingerprint density at radius 1 is 1.15 bits per heavy atom. The molecule has 0 amide bonds. The molecule has 9 heteroatoms. The van der Waals surface area contributed by atoms with E-state index in [2.05, 4.69) is 4.99 Å². The van der Waals surface area contributed by atoms with E-state index in [0.717, 1.165) is 5.56 Å². The van der Waals surface area contributed by atoms with Crippen LogP contribution in [-0.2, 0) is 14.3 Å². The van der Waals surface area contributed by atoms with Gasteiger partial charge >= 0.3 is 5.97 Å². The van der Waals surface area contributed by atoms with Crippen molar-refractivity contribution in [2.45, 2.75) is 13.0 Å². The van der Waals surface area contributed by atoms with Gasteiger partial charge in [0.2, 0.25) is 0 Å². The monoisotopic (exact) mass is 498 g/mol. The van der Waals surface area contributed by atoms with E-state index >= 15 is 0 Å². The van der Waals surface area contributed by atoms with E-state index in [9.17, 15) is 9.59 Å². The van der Waals surface area contributed by atoms with E-state index in [-0.39, 0.29) is 24.3 Å². The lowest BCUT2D eigenvalue weighted by Crippen LogP contribution is -2.40. The molecule has 0 spiro atoms. The predicted octanol–water partition coefficient (Wildman–Crippen LogP) is 3.09. The number of allylic oxidation sites excluding steroid dienone is 1. The molecule has 0 bridgehead atoms. The third-order valence-electron chi connectivity index (χ3n) is 5.39. The van der Waals surface area contributed by atoms with Crippen LogP contribution in [0.1, 0.15) is 24.1 Å². The number of methoxy groups -OCH3 is 2. The summed E-state index contributed by atoms with van der Waals surface area (Å²) in [5.74, 6) is -0.0142. The maximum atomic E-state index is 13.7. The molecule has 1 atom stereocenters. The first-order valence-corrected chi connectivity index (χ1v) is 11.7.